The van der Waals surface area contributed by atoms with E-state index in [1.54, 1.807) is 0 Å². The first kappa shape index (κ1) is 12.6. The Morgan fingerprint density at radius 3 is 2.82 bits per heavy atom. The van der Waals surface area contributed by atoms with E-state index < -0.39 is 10.0 Å². The second-order valence-corrected chi connectivity index (χ2v) is 6.27. The van der Waals surface area contributed by atoms with Crippen LogP contribution in [0.1, 0.15) is 31.4 Å². The van der Waals surface area contributed by atoms with Crippen LogP contribution in [0.3, 0.4) is 0 Å². The van der Waals surface area contributed by atoms with Crippen LogP contribution in [-0.4, -0.2) is 25.1 Å². The molecule has 0 saturated heterocycles. The number of aliphatic hydroxyl groups excluding tert-OH is 1. The lowest BCUT2D eigenvalue weighted by molar-refractivity contribution is 0.277. The standard InChI is InChI=1S/C11H18N2O3S/c14-8-10-6-11(7-12-10)17(15,16)13-5-1-2-9-3-4-9/h6-7,9,12-14H,1-5,8H2. The van der Waals surface area contributed by atoms with E-state index in [1.165, 1.54) is 25.1 Å². The molecule has 0 bridgehead atoms. The molecule has 5 nitrogen and oxygen atoms in total. The molecule has 1 saturated carbocycles. The molecule has 0 aromatic carbocycles. The van der Waals surface area contributed by atoms with E-state index >= 15 is 0 Å². The number of sulfonamides is 1. The predicted octanol–water partition coefficient (Wildman–Crippen LogP) is 0.975. The van der Waals surface area contributed by atoms with Crippen molar-refractivity contribution in [1.29, 1.82) is 0 Å². The van der Waals surface area contributed by atoms with E-state index in [0.717, 1.165) is 18.8 Å². The smallest absolute Gasteiger partial charge is 0.242 e. The molecule has 0 unspecified atom stereocenters. The lowest BCUT2D eigenvalue weighted by Gasteiger charge is -2.04. The van der Waals surface area contributed by atoms with E-state index in [2.05, 4.69) is 9.71 Å². The number of aliphatic hydroxyl groups is 1. The van der Waals surface area contributed by atoms with Crippen LogP contribution < -0.4 is 4.72 Å². The minimum Gasteiger partial charge on any atom is -0.390 e. The zero-order valence-corrected chi connectivity index (χ0v) is 10.5. The Morgan fingerprint density at radius 1 is 1.47 bits per heavy atom. The van der Waals surface area contributed by atoms with Gasteiger partial charge in [0.15, 0.2) is 0 Å². The number of aromatic amines is 1. The summed E-state index contributed by atoms with van der Waals surface area (Å²) in [5.74, 6) is 0.827. The van der Waals surface area contributed by atoms with Crippen molar-refractivity contribution in [3.63, 3.8) is 0 Å². The van der Waals surface area contributed by atoms with E-state index in [1.807, 2.05) is 0 Å². The number of nitrogens with one attached hydrogen (secondary N) is 2. The lowest BCUT2D eigenvalue weighted by Crippen LogP contribution is -2.24. The molecule has 0 amide bonds. The zero-order valence-electron chi connectivity index (χ0n) is 9.65. The van der Waals surface area contributed by atoms with Gasteiger partial charge in [-0.3, -0.25) is 0 Å². The Kier molecular flexibility index (Phi) is 3.86. The molecule has 1 aliphatic rings. The molecule has 96 valence electrons. The molecule has 2 rings (SSSR count). The van der Waals surface area contributed by atoms with Crippen LogP contribution in [0.15, 0.2) is 17.2 Å². The normalized spacial score (nSPS) is 16.3. The van der Waals surface area contributed by atoms with Crippen molar-refractivity contribution in [3.05, 3.63) is 18.0 Å². The van der Waals surface area contributed by atoms with Gasteiger partial charge in [0.1, 0.15) is 0 Å². The lowest BCUT2D eigenvalue weighted by atomic mass is 10.2. The van der Waals surface area contributed by atoms with Gasteiger partial charge in [0.25, 0.3) is 0 Å². The zero-order chi connectivity index (χ0) is 12.3. The highest BCUT2D eigenvalue weighted by atomic mass is 32.2. The van der Waals surface area contributed by atoms with Crippen molar-refractivity contribution < 1.29 is 13.5 Å². The average Bonchev–Trinajstić information content (AvgIpc) is 2.98. The number of hydrogen-bond acceptors (Lipinski definition) is 3. The summed E-state index contributed by atoms with van der Waals surface area (Å²) in [6, 6.07) is 1.45. The molecule has 17 heavy (non-hydrogen) atoms. The second-order valence-electron chi connectivity index (χ2n) is 4.50. The highest BCUT2D eigenvalue weighted by Crippen LogP contribution is 2.33. The molecule has 1 heterocycles. The van der Waals surface area contributed by atoms with Gasteiger partial charge in [-0.15, -0.1) is 0 Å². The van der Waals surface area contributed by atoms with Crippen molar-refractivity contribution in [3.8, 4) is 0 Å². The van der Waals surface area contributed by atoms with Crippen LogP contribution in [0, 0.1) is 5.92 Å². The fourth-order valence-electron chi connectivity index (χ4n) is 1.75. The van der Waals surface area contributed by atoms with Crippen molar-refractivity contribution in [2.45, 2.75) is 37.2 Å². The van der Waals surface area contributed by atoms with E-state index in [0.29, 0.717) is 12.2 Å². The summed E-state index contributed by atoms with van der Waals surface area (Å²) in [6.07, 6.45) is 5.99. The highest BCUT2D eigenvalue weighted by molar-refractivity contribution is 7.89. The molecular weight excluding hydrogens is 240 g/mol. The third-order valence-corrected chi connectivity index (χ3v) is 4.42. The maximum atomic E-state index is 11.8. The molecule has 1 aromatic heterocycles. The number of H-pyrrole nitrogens is 1. The van der Waals surface area contributed by atoms with E-state index in [4.69, 9.17) is 5.11 Å². The molecular formula is C11H18N2O3S. The van der Waals surface area contributed by atoms with Gasteiger partial charge in [-0.2, -0.15) is 0 Å². The SMILES string of the molecule is O=S(=O)(NCCCC1CC1)c1c[nH]c(CO)c1. The van der Waals surface area contributed by atoms with Gasteiger partial charge in [0, 0.05) is 18.4 Å². The van der Waals surface area contributed by atoms with Crippen LogP contribution in [-0.2, 0) is 16.6 Å². The van der Waals surface area contributed by atoms with Crippen LogP contribution in [0.2, 0.25) is 0 Å². The second kappa shape index (κ2) is 5.20. The van der Waals surface area contributed by atoms with Gasteiger partial charge < -0.3 is 10.1 Å². The summed E-state index contributed by atoms with van der Waals surface area (Å²) in [7, 11) is -3.42. The van der Waals surface area contributed by atoms with E-state index in [9.17, 15) is 8.42 Å². The van der Waals surface area contributed by atoms with Crippen LogP contribution in [0.4, 0.5) is 0 Å². The maximum absolute atomic E-state index is 11.8. The molecule has 1 aromatic rings. The molecule has 6 heteroatoms. The molecule has 0 atom stereocenters. The minimum absolute atomic E-state index is 0.183. The first-order valence-corrected chi connectivity index (χ1v) is 7.38. The molecule has 0 spiro atoms. The number of hydrogen-bond donors (Lipinski definition) is 3. The van der Waals surface area contributed by atoms with Crippen molar-refractivity contribution in [1.82, 2.24) is 9.71 Å². The van der Waals surface area contributed by atoms with Crippen LogP contribution in [0.25, 0.3) is 0 Å². The maximum Gasteiger partial charge on any atom is 0.242 e. The summed E-state index contributed by atoms with van der Waals surface area (Å²) in [5.41, 5.74) is 0.503. The number of rotatable bonds is 7. The highest BCUT2D eigenvalue weighted by Gasteiger charge is 2.21. The van der Waals surface area contributed by atoms with Gasteiger partial charge in [-0.25, -0.2) is 13.1 Å². The molecule has 1 fully saturated rings. The third-order valence-electron chi connectivity index (χ3n) is 2.98. The Labute approximate surface area is 101 Å². The molecule has 0 radical (unpaired) electrons. The predicted molar refractivity (Wildman–Crippen MR) is 63.9 cm³/mol. The number of aromatic nitrogens is 1. The fraction of sp³-hybridized carbons (Fsp3) is 0.636. The Bertz CT molecular complexity index is 463. The Morgan fingerprint density at radius 2 is 2.24 bits per heavy atom. The summed E-state index contributed by atoms with van der Waals surface area (Å²) < 4.78 is 26.2. The average molecular weight is 258 g/mol. The van der Waals surface area contributed by atoms with Crippen molar-refractivity contribution in [2.75, 3.05) is 6.54 Å². The summed E-state index contributed by atoms with van der Waals surface area (Å²) in [6.45, 7) is 0.301. The summed E-state index contributed by atoms with van der Waals surface area (Å²) >= 11 is 0. The third kappa shape index (κ3) is 3.55. The topological polar surface area (TPSA) is 82.2 Å². The fourth-order valence-corrected chi connectivity index (χ4v) is 2.84. The van der Waals surface area contributed by atoms with Gasteiger partial charge in [0.05, 0.1) is 11.5 Å². The van der Waals surface area contributed by atoms with E-state index in [-0.39, 0.29) is 11.5 Å². The van der Waals surface area contributed by atoms with Gasteiger partial charge in [-0.1, -0.05) is 12.8 Å². The van der Waals surface area contributed by atoms with Gasteiger partial charge in [0.2, 0.25) is 10.0 Å². The van der Waals surface area contributed by atoms with Crippen LogP contribution in [0.5, 0.6) is 0 Å². The minimum atomic E-state index is -3.42. The molecule has 1 aliphatic carbocycles. The monoisotopic (exact) mass is 258 g/mol. The molecule has 0 aliphatic heterocycles. The van der Waals surface area contributed by atoms with Crippen molar-refractivity contribution >= 4 is 10.0 Å². The summed E-state index contributed by atoms with van der Waals surface area (Å²) in [5, 5.41) is 8.85. The van der Waals surface area contributed by atoms with Gasteiger partial charge in [-0.05, 0) is 24.8 Å². The first-order chi connectivity index (χ1) is 8.12. The van der Waals surface area contributed by atoms with Gasteiger partial charge >= 0.3 is 0 Å². The quantitative estimate of drug-likeness (QED) is 0.637. The van der Waals surface area contributed by atoms with Crippen molar-refractivity contribution in [2.24, 2.45) is 5.92 Å². The Balaban J connectivity index is 1.84. The summed E-state index contributed by atoms with van der Waals surface area (Å²) in [4.78, 5) is 2.90. The molecule has 3 N–H and O–H groups in total. The van der Waals surface area contributed by atoms with Crippen LogP contribution >= 0.6 is 0 Å². The first-order valence-electron chi connectivity index (χ1n) is 5.89. The Hall–Kier alpha value is -0.850. The largest absolute Gasteiger partial charge is 0.390 e.